The Bertz CT molecular complexity index is 667. The molecule has 0 aromatic heterocycles. The van der Waals surface area contributed by atoms with Gasteiger partial charge in [-0.2, -0.15) is 0 Å². The van der Waals surface area contributed by atoms with E-state index >= 15 is 0 Å². The molecule has 0 saturated heterocycles. The summed E-state index contributed by atoms with van der Waals surface area (Å²) in [6.45, 7) is 2.88. The van der Waals surface area contributed by atoms with Gasteiger partial charge in [0, 0.05) is 17.9 Å². The van der Waals surface area contributed by atoms with Gasteiger partial charge in [-0.1, -0.05) is 24.3 Å². The fraction of sp³-hybridized carbons (Fsp3) is 0.278. The van der Waals surface area contributed by atoms with Gasteiger partial charge in [-0.05, 0) is 54.7 Å². The van der Waals surface area contributed by atoms with E-state index < -0.39 is 0 Å². The van der Waals surface area contributed by atoms with Crippen LogP contribution >= 0.6 is 12.4 Å². The molecular weight excluding hydrogens is 296 g/mol. The number of halogens is 1. The zero-order valence-electron chi connectivity index (χ0n) is 12.7. The molecule has 2 aromatic rings. The first kappa shape index (κ1) is 16.4. The minimum Gasteiger partial charge on any atom is -0.399 e. The van der Waals surface area contributed by atoms with Crippen molar-refractivity contribution in [3.63, 3.8) is 0 Å². The highest BCUT2D eigenvalue weighted by Gasteiger charge is 2.22. The van der Waals surface area contributed by atoms with E-state index in [-0.39, 0.29) is 18.3 Å². The average molecular weight is 317 g/mol. The number of hydrogen-bond acceptors (Lipinski definition) is 2. The van der Waals surface area contributed by atoms with Crippen LogP contribution in [0.2, 0.25) is 0 Å². The number of amides is 1. The second-order valence-electron chi connectivity index (χ2n) is 5.70. The van der Waals surface area contributed by atoms with Crippen molar-refractivity contribution in [2.75, 3.05) is 17.2 Å². The molecule has 1 aliphatic heterocycles. The first-order valence-corrected chi connectivity index (χ1v) is 7.38. The van der Waals surface area contributed by atoms with E-state index in [0.717, 1.165) is 36.3 Å². The van der Waals surface area contributed by atoms with Crippen LogP contribution in [0.5, 0.6) is 0 Å². The number of hydrogen-bond donors (Lipinski definition) is 1. The van der Waals surface area contributed by atoms with Gasteiger partial charge in [-0.3, -0.25) is 4.79 Å². The van der Waals surface area contributed by atoms with Crippen LogP contribution in [0.15, 0.2) is 42.5 Å². The third-order valence-electron chi connectivity index (χ3n) is 4.00. The number of benzene rings is 2. The topological polar surface area (TPSA) is 46.3 Å². The van der Waals surface area contributed by atoms with Crippen LogP contribution in [-0.2, 0) is 17.6 Å². The quantitative estimate of drug-likeness (QED) is 0.862. The summed E-state index contributed by atoms with van der Waals surface area (Å²) in [7, 11) is 0. The highest BCUT2D eigenvalue weighted by atomic mass is 35.5. The van der Waals surface area contributed by atoms with Gasteiger partial charge in [0.25, 0.3) is 0 Å². The molecule has 0 bridgehead atoms. The fourth-order valence-corrected chi connectivity index (χ4v) is 2.85. The van der Waals surface area contributed by atoms with Gasteiger partial charge < -0.3 is 10.6 Å². The fourth-order valence-electron chi connectivity index (χ4n) is 2.85. The Labute approximate surface area is 137 Å². The van der Waals surface area contributed by atoms with Gasteiger partial charge >= 0.3 is 0 Å². The molecule has 0 saturated carbocycles. The Morgan fingerprint density at radius 1 is 1.18 bits per heavy atom. The predicted octanol–water partition coefficient (Wildman–Crippen LogP) is 3.52. The van der Waals surface area contributed by atoms with E-state index in [4.69, 9.17) is 5.73 Å². The summed E-state index contributed by atoms with van der Waals surface area (Å²) in [6.07, 6.45) is 2.51. The van der Waals surface area contributed by atoms with Gasteiger partial charge in [0.05, 0.1) is 6.42 Å². The van der Waals surface area contributed by atoms with Crippen LogP contribution in [-0.4, -0.2) is 12.5 Å². The molecule has 0 atom stereocenters. The van der Waals surface area contributed by atoms with Gasteiger partial charge in [0.1, 0.15) is 0 Å². The second kappa shape index (κ2) is 6.84. The number of rotatable bonds is 2. The van der Waals surface area contributed by atoms with Gasteiger partial charge in [0.2, 0.25) is 5.91 Å². The zero-order valence-corrected chi connectivity index (χ0v) is 13.5. The van der Waals surface area contributed by atoms with E-state index in [1.165, 1.54) is 11.1 Å². The molecule has 0 fully saturated rings. The van der Waals surface area contributed by atoms with Crippen LogP contribution in [0.3, 0.4) is 0 Å². The summed E-state index contributed by atoms with van der Waals surface area (Å²) in [5.74, 6) is 0.159. The van der Waals surface area contributed by atoms with Crippen molar-refractivity contribution in [2.24, 2.45) is 0 Å². The third-order valence-corrected chi connectivity index (χ3v) is 4.00. The number of aryl methyl sites for hydroxylation is 2. The molecule has 0 spiro atoms. The lowest BCUT2D eigenvalue weighted by Crippen LogP contribution is -2.36. The number of anilines is 2. The summed E-state index contributed by atoms with van der Waals surface area (Å²) in [5, 5.41) is 0. The van der Waals surface area contributed by atoms with E-state index in [0.29, 0.717) is 6.42 Å². The van der Waals surface area contributed by atoms with Crippen molar-refractivity contribution in [1.82, 2.24) is 0 Å². The molecule has 2 aromatic carbocycles. The molecule has 0 radical (unpaired) electrons. The highest BCUT2D eigenvalue weighted by Crippen LogP contribution is 2.28. The molecule has 1 heterocycles. The number of fused-ring (bicyclic) bond motifs is 1. The molecule has 3 rings (SSSR count). The Morgan fingerprint density at radius 3 is 2.64 bits per heavy atom. The van der Waals surface area contributed by atoms with E-state index in [9.17, 15) is 4.79 Å². The summed E-state index contributed by atoms with van der Waals surface area (Å²) < 4.78 is 0. The molecule has 1 amide bonds. The van der Waals surface area contributed by atoms with Crippen LogP contribution in [0.1, 0.15) is 23.1 Å². The van der Waals surface area contributed by atoms with E-state index in [1.54, 1.807) is 0 Å². The predicted molar refractivity (Wildman–Crippen MR) is 93.7 cm³/mol. The van der Waals surface area contributed by atoms with Gasteiger partial charge in [-0.25, -0.2) is 0 Å². The largest absolute Gasteiger partial charge is 0.399 e. The molecule has 3 nitrogen and oxygen atoms in total. The maximum Gasteiger partial charge on any atom is 0.231 e. The smallest absolute Gasteiger partial charge is 0.231 e. The lowest BCUT2D eigenvalue weighted by atomic mass is 9.99. The molecule has 116 valence electrons. The first-order chi connectivity index (χ1) is 10.1. The number of nitrogens with zero attached hydrogens (tertiary/aromatic N) is 1. The summed E-state index contributed by atoms with van der Waals surface area (Å²) in [4.78, 5) is 14.6. The molecule has 4 heteroatoms. The van der Waals surface area contributed by atoms with Crippen LogP contribution < -0.4 is 10.6 Å². The molecule has 0 unspecified atom stereocenters. The molecule has 2 N–H and O–H groups in total. The molecule has 0 aliphatic carbocycles. The third kappa shape index (κ3) is 3.42. The zero-order chi connectivity index (χ0) is 14.8. The van der Waals surface area contributed by atoms with Crippen molar-refractivity contribution in [1.29, 1.82) is 0 Å². The van der Waals surface area contributed by atoms with Crippen LogP contribution in [0, 0.1) is 6.92 Å². The second-order valence-corrected chi connectivity index (χ2v) is 5.70. The van der Waals surface area contributed by atoms with Crippen molar-refractivity contribution < 1.29 is 4.79 Å². The van der Waals surface area contributed by atoms with E-state index in [1.807, 2.05) is 29.2 Å². The van der Waals surface area contributed by atoms with Crippen LogP contribution in [0.25, 0.3) is 0 Å². The highest BCUT2D eigenvalue weighted by molar-refractivity contribution is 5.96. The standard InChI is InChI=1S/C18H20N2O.ClH/c1-13-4-7-15-3-2-10-20(17(15)11-13)18(21)12-14-5-8-16(19)9-6-14;/h4-9,11H,2-3,10,12,19H2,1H3;1H. The number of carbonyl (C=O) groups is 1. The summed E-state index contributed by atoms with van der Waals surface area (Å²) in [5.41, 5.74) is 11.0. The number of carbonyl (C=O) groups excluding carboxylic acids is 1. The van der Waals surface area contributed by atoms with Crippen molar-refractivity contribution in [2.45, 2.75) is 26.2 Å². The Balaban J connectivity index is 0.00000176. The molecule has 1 aliphatic rings. The Morgan fingerprint density at radius 2 is 1.91 bits per heavy atom. The average Bonchev–Trinajstić information content (AvgIpc) is 2.49. The van der Waals surface area contributed by atoms with Crippen molar-refractivity contribution >= 4 is 29.7 Å². The SMILES string of the molecule is Cc1ccc2c(c1)N(C(=O)Cc1ccc(N)cc1)CCC2.Cl. The Hall–Kier alpha value is -2.00. The Kier molecular flexibility index (Phi) is 5.09. The minimum absolute atomic E-state index is 0. The molecular formula is C18H21ClN2O. The number of nitrogen functional groups attached to an aromatic ring is 1. The maximum atomic E-state index is 12.6. The first-order valence-electron chi connectivity index (χ1n) is 7.38. The molecule has 22 heavy (non-hydrogen) atoms. The van der Waals surface area contributed by atoms with Crippen molar-refractivity contribution in [3.05, 3.63) is 59.2 Å². The monoisotopic (exact) mass is 316 g/mol. The van der Waals surface area contributed by atoms with Crippen LogP contribution in [0.4, 0.5) is 11.4 Å². The van der Waals surface area contributed by atoms with Gasteiger partial charge in [0.15, 0.2) is 0 Å². The lowest BCUT2D eigenvalue weighted by Gasteiger charge is -2.30. The van der Waals surface area contributed by atoms with Crippen molar-refractivity contribution in [3.8, 4) is 0 Å². The maximum absolute atomic E-state index is 12.6. The summed E-state index contributed by atoms with van der Waals surface area (Å²) >= 11 is 0. The van der Waals surface area contributed by atoms with E-state index in [2.05, 4.69) is 25.1 Å². The number of nitrogens with two attached hydrogens (primary N) is 1. The normalized spacial score (nSPS) is 13.2. The summed E-state index contributed by atoms with van der Waals surface area (Å²) in [6, 6.07) is 13.9. The van der Waals surface area contributed by atoms with Gasteiger partial charge in [-0.15, -0.1) is 12.4 Å². The minimum atomic E-state index is 0. The lowest BCUT2D eigenvalue weighted by molar-refractivity contribution is -0.118.